The molecule has 0 radical (unpaired) electrons. The zero-order chi connectivity index (χ0) is 23.1. The molecule has 170 valence electrons. The van der Waals surface area contributed by atoms with E-state index >= 15 is 0 Å². The standard InChI is InChI=1S/C26H27FN4O2/c1-15(26-30-23-9-7-18(25(28)32)13-24(23)31(26)33-2)16-3-5-17(6-4-16)20-11-12-29-22-10-8-19(27)14-21(20)22/h7-17H,3-6H2,1-2H3,(H2,28,32). The molecule has 0 spiro atoms. The van der Waals surface area contributed by atoms with E-state index in [2.05, 4.69) is 11.9 Å². The predicted octanol–water partition coefficient (Wildman–Crippen LogP) is 4.96. The lowest BCUT2D eigenvalue weighted by molar-refractivity contribution is 0.1000. The topological polar surface area (TPSA) is 83.0 Å². The fraction of sp³-hybridized carbons (Fsp3) is 0.346. The van der Waals surface area contributed by atoms with Gasteiger partial charge >= 0.3 is 0 Å². The van der Waals surface area contributed by atoms with Crippen molar-refractivity contribution in [2.45, 2.75) is 44.4 Å². The van der Waals surface area contributed by atoms with E-state index in [1.54, 1.807) is 36.1 Å². The fourth-order valence-electron chi connectivity index (χ4n) is 5.34. The van der Waals surface area contributed by atoms with Crippen LogP contribution in [0.4, 0.5) is 4.39 Å². The van der Waals surface area contributed by atoms with Crippen LogP contribution in [0.25, 0.3) is 21.9 Å². The van der Waals surface area contributed by atoms with Crippen molar-refractivity contribution in [2.75, 3.05) is 7.11 Å². The van der Waals surface area contributed by atoms with Crippen LogP contribution in [0, 0.1) is 11.7 Å². The summed E-state index contributed by atoms with van der Waals surface area (Å²) in [4.78, 5) is 26.5. The minimum atomic E-state index is -0.475. The van der Waals surface area contributed by atoms with E-state index in [1.165, 1.54) is 11.6 Å². The maximum absolute atomic E-state index is 13.9. The van der Waals surface area contributed by atoms with Crippen LogP contribution < -0.4 is 10.6 Å². The van der Waals surface area contributed by atoms with E-state index < -0.39 is 5.91 Å². The number of imidazole rings is 1. The van der Waals surface area contributed by atoms with Crippen molar-refractivity contribution in [3.8, 4) is 0 Å². The summed E-state index contributed by atoms with van der Waals surface area (Å²) in [6.45, 7) is 2.19. The third-order valence-electron chi connectivity index (χ3n) is 7.17. The fourth-order valence-corrected chi connectivity index (χ4v) is 5.34. The molecule has 1 aliphatic rings. The first kappa shape index (κ1) is 21.4. The minimum Gasteiger partial charge on any atom is -0.415 e. The molecule has 2 heterocycles. The van der Waals surface area contributed by atoms with Gasteiger partial charge in [0.2, 0.25) is 5.91 Å². The van der Waals surface area contributed by atoms with E-state index in [-0.39, 0.29) is 11.7 Å². The highest BCUT2D eigenvalue weighted by Gasteiger charge is 2.31. The van der Waals surface area contributed by atoms with Crippen LogP contribution in [0.3, 0.4) is 0 Å². The molecule has 1 atom stereocenters. The lowest BCUT2D eigenvalue weighted by Crippen LogP contribution is -2.22. The summed E-state index contributed by atoms with van der Waals surface area (Å²) in [6, 6.07) is 12.1. The van der Waals surface area contributed by atoms with Gasteiger partial charge in [0.1, 0.15) is 24.3 Å². The van der Waals surface area contributed by atoms with Crippen LogP contribution in [-0.2, 0) is 0 Å². The monoisotopic (exact) mass is 446 g/mol. The summed E-state index contributed by atoms with van der Waals surface area (Å²) in [6.07, 6.45) is 5.98. The Kier molecular flexibility index (Phi) is 5.48. The lowest BCUT2D eigenvalue weighted by atomic mass is 9.73. The van der Waals surface area contributed by atoms with E-state index in [9.17, 15) is 9.18 Å². The Hall–Kier alpha value is -3.48. The van der Waals surface area contributed by atoms with E-state index in [1.807, 2.05) is 18.3 Å². The number of rotatable bonds is 5. The third kappa shape index (κ3) is 3.81. The predicted molar refractivity (Wildman–Crippen MR) is 126 cm³/mol. The number of benzene rings is 2. The second-order valence-electron chi connectivity index (χ2n) is 8.98. The number of nitrogens with zero attached hydrogens (tertiary/aromatic N) is 3. The molecule has 0 bridgehead atoms. The Labute approximate surface area is 191 Å². The van der Waals surface area contributed by atoms with E-state index in [0.29, 0.717) is 17.4 Å². The Morgan fingerprint density at radius 2 is 1.88 bits per heavy atom. The number of amides is 1. The number of halogens is 1. The smallest absolute Gasteiger partial charge is 0.248 e. The summed E-state index contributed by atoms with van der Waals surface area (Å²) in [7, 11) is 1.61. The number of aromatic nitrogens is 3. The maximum Gasteiger partial charge on any atom is 0.248 e. The van der Waals surface area contributed by atoms with Crippen LogP contribution in [0.1, 0.15) is 66.2 Å². The van der Waals surface area contributed by atoms with Crippen LogP contribution in [0.5, 0.6) is 0 Å². The van der Waals surface area contributed by atoms with Crippen LogP contribution in [-0.4, -0.2) is 27.7 Å². The van der Waals surface area contributed by atoms with Gasteiger partial charge < -0.3 is 10.6 Å². The van der Waals surface area contributed by atoms with Crippen molar-refractivity contribution in [1.29, 1.82) is 0 Å². The molecule has 4 aromatic rings. The highest BCUT2D eigenvalue weighted by atomic mass is 19.1. The summed E-state index contributed by atoms with van der Waals surface area (Å²) < 4.78 is 15.6. The molecule has 2 aromatic heterocycles. The van der Waals surface area contributed by atoms with Crippen molar-refractivity contribution >= 4 is 27.8 Å². The number of primary amides is 1. The number of hydrogen-bond donors (Lipinski definition) is 1. The number of pyridine rings is 1. The summed E-state index contributed by atoms with van der Waals surface area (Å²) in [5.74, 6) is 1.18. The van der Waals surface area contributed by atoms with Crippen LogP contribution in [0.2, 0.25) is 0 Å². The summed E-state index contributed by atoms with van der Waals surface area (Å²) in [5.41, 5.74) is 9.44. The highest BCUT2D eigenvalue weighted by molar-refractivity contribution is 5.96. The van der Waals surface area contributed by atoms with Crippen molar-refractivity contribution < 1.29 is 14.0 Å². The molecular weight excluding hydrogens is 419 g/mol. The molecule has 2 N–H and O–H groups in total. The van der Waals surface area contributed by atoms with E-state index in [4.69, 9.17) is 15.6 Å². The Balaban J connectivity index is 1.38. The van der Waals surface area contributed by atoms with Gasteiger partial charge in [-0.2, -0.15) is 4.73 Å². The van der Waals surface area contributed by atoms with Crippen molar-refractivity contribution in [3.05, 3.63) is 71.4 Å². The van der Waals surface area contributed by atoms with Crippen LogP contribution >= 0.6 is 0 Å². The second kappa shape index (κ2) is 8.46. The molecule has 33 heavy (non-hydrogen) atoms. The number of hydrogen-bond acceptors (Lipinski definition) is 4. The molecule has 1 amide bonds. The van der Waals surface area contributed by atoms with Gasteiger partial charge in [-0.05, 0) is 85.5 Å². The largest absolute Gasteiger partial charge is 0.415 e. The van der Waals surface area contributed by atoms with Crippen molar-refractivity contribution in [2.24, 2.45) is 11.7 Å². The number of fused-ring (bicyclic) bond motifs is 2. The maximum atomic E-state index is 13.9. The molecule has 7 heteroatoms. The first-order valence-electron chi connectivity index (χ1n) is 11.4. The molecule has 0 saturated heterocycles. The molecular formula is C26H27FN4O2. The molecule has 6 nitrogen and oxygen atoms in total. The Morgan fingerprint density at radius 1 is 1.12 bits per heavy atom. The summed E-state index contributed by atoms with van der Waals surface area (Å²) >= 11 is 0. The van der Waals surface area contributed by atoms with Crippen molar-refractivity contribution in [3.63, 3.8) is 0 Å². The quantitative estimate of drug-likeness (QED) is 0.470. The molecule has 2 aromatic carbocycles. The van der Waals surface area contributed by atoms with Gasteiger partial charge in [-0.25, -0.2) is 9.37 Å². The van der Waals surface area contributed by atoms with Gasteiger partial charge in [-0.1, -0.05) is 6.92 Å². The van der Waals surface area contributed by atoms with Crippen LogP contribution in [0.15, 0.2) is 48.7 Å². The van der Waals surface area contributed by atoms with Gasteiger partial charge in [0, 0.05) is 23.1 Å². The first-order valence-corrected chi connectivity index (χ1v) is 11.4. The average Bonchev–Trinajstić information content (AvgIpc) is 3.21. The highest BCUT2D eigenvalue weighted by Crippen LogP contribution is 2.43. The molecule has 1 saturated carbocycles. The van der Waals surface area contributed by atoms with Gasteiger partial charge in [0.25, 0.3) is 0 Å². The van der Waals surface area contributed by atoms with Gasteiger partial charge in [0.05, 0.1) is 11.0 Å². The first-order chi connectivity index (χ1) is 16.0. The molecule has 1 aliphatic carbocycles. The summed E-state index contributed by atoms with van der Waals surface area (Å²) in [5, 5.41) is 0.917. The number of carbonyl (C=O) groups is 1. The SMILES string of the molecule is COn1c(C(C)C2CCC(c3ccnc4ccc(F)cc34)CC2)nc2ccc(C(N)=O)cc21. The Bertz CT molecular complexity index is 1340. The third-order valence-corrected chi connectivity index (χ3v) is 7.17. The second-order valence-corrected chi connectivity index (χ2v) is 8.98. The van der Waals surface area contributed by atoms with Gasteiger partial charge in [-0.15, -0.1) is 0 Å². The minimum absolute atomic E-state index is 0.182. The van der Waals surface area contributed by atoms with Crippen molar-refractivity contribution in [1.82, 2.24) is 14.7 Å². The molecule has 5 rings (SSSR count). The number of carbonyl (C=O) groups excluding carboxylic acids is 1. The Morgan fingerprint density at radius 3 is 2.61 bits per heavy atom. The van der Waals surface area contributed by atoms with Gasteiger partial charge in [0.15, 0.2) is 0 Å². The zero-order valence-corrected chi connectivity index (χ0v) is 18.8. The molecule has 1 unspecified atom stereocenters. The normalized spacial score (nSPS) is 19.6. The van der Waals surface area contributed by atoms with Gasteiger partial charge in [-0.3, -0.25) is 9.78 Å². The lowest BCUT2D eigenvalue weighted by Gasteiger charge is -2.32. The molecule has 1 fully saturated rings. The number of nitrogens with two attached hydrogens (primary N) is 1. The average molecular weight is 447 g/mol. The zero-order valence-electron chi connectivity index (χ0n) is 18.8. The molecule has 0 aliphatic heterocycles. The van der Waals surface area contributed by atoms with E-state index in [0.717, 1.165) is 53.4 Å².